The molecule has 0 radical (unpaired) electrons. The zero-order valence-electron chi connectivity index (χ0n) is 10.4. The molecule has 2 rings (SSSR count). The van der Waals surface area contributed by atoms with Gasteiger partial charge in [-0.25, -0.2) is 4.79 Å². The number of amides is 2. The maximum absolute atomic E-state index is 12.3. The highest BCUT2D eigenvalue weighted by Gasteiger charge is 2.36. The molecule has 1 aliphatic carbocycles. The fourth-order valence-electron chi connectivity index (χ4n) is 2.46. The van der Waals surface area contributed by atoms with E-state index in [1.165, 1.54) is 0 Å². The zero-order valence-corrected chi connectivity index (χ0v) is 10.4. The molecule has 2 amide bonds. The van der Waals surface area contributed by atoms with Crippen molar-refractivity contribution in [3.8, 4) is 0 Å². The van der Waals surface area contributed by atoms with Gasteiger partial charge in [0.05, 0.1) is 12.5 Å². The monoisotopic (exact) mass is 256 g/mol. The molecule has 1 heterocycles. The van der Waals surface area contributed by atoms with Crippen LogP contribution in [0.15, 0.2) is 0 Å². The first-order valence-corrected chi connectivity index (χ1v) is 6.52. The number of rotatable bonds is 4. The molecule has 0 aromatic heterocycles. The number of carbonyl (C=O) groups excluding carboxylic acids is 1. The molecule has 2 aliphatic rings. The Bertz CT molecular complexity index is 330. The van der Waals surface area contributed by atoms with Crippen molar-refractivity contribution in [1.82, 2.24) is 9.80 Å². The number of nitrogens with zero attached hydrogens (tertiary/aromatic N) is 2. The van der Waals surface area contributed by atoms with E-state index in [9.17, 15) is 9.59 Å². The number of urea groups is 1. The van der Waals surface area contributed by atoms with Crippen molar-refractivity contribution in [2.24, 2.45) is 5.92 Å². The number of aliphatic hydroxyl groups is 1. The summed E-state index contributed by atoms with van der Waals surface area (Å²) in [5, 5.41) is 18.0. The smallest absolute Gasteiger partial charge is 0.320 e. The second-order valence-electron chi connectivity index (χ2n) is 5.05. The Hall–Kier alpha value is -1.30. The Balaban J connectivity index is 1.96. The van der Waals surface area contributed by atoms with Gasteiger partial charge < -0.3 is 20.0 Å². The molecule has 1 aliphatic heterocycles. The van der Waals surface area contributed by atoms with Gasteiger partial charge in [-0.05, 0) is 25.7 Å². The summed E-state index contributed by atoms with van der Waals surface area (Å²) >= 11 is 0. The summed E-state index contributed by atoms with van der Waals surface area (Å²) in [6, 6.07) is 0.132. The molecule has 2 N–H and O–H groups in total. The zero-order chi connectivity index (χ0) is 13.1. The standard InChI is InChI=1S/C12H20N2O4/c15-7-6-14(10-3-4-10)12(18)13-5-1-2-9(8-13)11(16)17/h9-10,15H,1-8H2,(H,16,17)/t9-/m1/s1. The summed E-state index contributed by atoms with van der Waals surface area (Å²) in [6.45, 7) is 1.22. The Morgan fingerprint density at radius 3 is 2.56 bits per heavy atom. The minimum atomic E-state index is -0.826. The van der Waals surface area contributed by atoms with Gasteiger partial charge in [0.2, 0.25) is 0 Å². The van der Waals surface area contributed by atoms with Crippen molar-refractivity contribution in [2.75, 3.05) is 26.2 Å². The van der Waals surface area contributed by atoms with Gasteiger partial charge in [-0.15, -0.1) is 0 Å². The summed E-state index contributed by atoms with van der Waals surface area (Å²) in [5.41, 5.74) is 0. The molecule has 1 saturated carbocycles. The van der Waals surface area contributed by atoms with E-state index < -0.39 is 11.9 Å². The van der Waals surface area contributed by atoms with Crippen LogP contribution < -0.4 is 0 Å². The summed E-state index contributed by atoms with van der Waals surface area (Å²) < 4.78 is 0. The molecule has 18 heavy (non-hydrogen) atoms. The Labute approximate surface area is 106 Å². The number of piperidine rings is 1. The van der Waals surface area contributed by atoms with Crippen LogP contribution >= 0.6 is 0 Å². The second kappa shape index (κ2) is 5.56. The molecule has 102 valence electrons. The third kappa shape index (κ3) is 2.93. The van der Waals surface area contributed by atoms with Crippen LogP contribution in [-0.4, -0.2) is 64.3 Å². The number of hydrogen-bond donors (Lipinski definition) is 2. The van der Waals surface area contributed by atoms with E-state index >= 15 is 0 Å². The molecule has 1 saturated heterocycles. The van der Waals surface area contributed by atoms with Gasteiger partial charge in [0.25, 0.3) is 0 Å². The van der Waals surface area contributed by atoms with E-state index in [1.54, 1.807) is 9.80 Å². The van der Waals surface area contributed by atoms with Crippen molar-refractivity contribution in [1.29, 1.82) is 0 Å². The molecular weight excluding hydrogens is 236 g/mol. The highest BCUT2D eigenvalue weighted by Crippen LogP contribution is 2.28. The van der Waals surface area contributed by atoms with E-state index in [2.05, 4.69) is 0 Å². The van der Waals surface area contributed by atoms with E-state index in [0.717, 1.165) is 19.3 Å². The summed E-state index contributed by atoms with van der Waals surface area (Å²) in [5.74, 6) is -1.27. The molecular formula is C12H20N2O4. The predicted molar refractivity (Wildman–Crippen MR) is 64.1 cm³/mol. The number of aliphatic carboxylic acids is 1. The maximum Gasteiger partial charge on any atom is 0.320 e. The average molecular weight is 256 g/mol. The molecule has 0 unspecified atom stereocenters. The minimum Gasteiger partial charge on any atom is -0.481 e. The van der Waals surface area contributed by atoms with Crippen LogP contribution in [0.2, 0.25) is 0 Å². The first-order valence-electron chi connectivity index (χ1n) is 6.52. The molecule has 0 spiro atoms. The van der Waals surface area contributed by atoms with Gasteiger partial charge >= 0.3 is 12.0 Å². The number of likely N-dealkylation sites (tertiary alicyclic amines) is 1. The molecule has 6 nitrogen and oxygen atoms in total. The third-order valence-electron chi connectivity index (χ3n) is 3.62. The Morgan fingerprint density at radius 1 is 1.28 bits per heavy atom. The van der Waals surface area contributed by atoms with Crippen LogP contribution in [-0.2, 0) is 4.79 Å². The van der Waals surface area contributed by atoms with E-state index in [0.29, 0.717) is 26.1 Å². The highest BCUT2D eigenvalue weighted by molar-refractivity contribution is 5.77. The fraction of sp³-hybridized carbons (Fsp3) is 0.833. The molecule has 0 aromatic carbocycles. The Morgan fingerprint density at radius 2 is 2.00 bits per heavy atom. The average Bonchev–Trinajstić information content (AvgIpc) is 3.19. The van der Waals surface area contributed by atoms with E-state index in [-0.39, 0.29) is 18.7 Å². The first kappa shape index (κ1) is 13.1. The molecule has 0 aromatic rings. The first-order chi connectivity index (χ1) is 8.63. The highest BCUT2D eigenvalue weighted by atomic mass is 16.4. The predicted octanol–water partition coefficient (Wildman–Crippen LogP) is 0.360. The van der Waals surface area contributed by atoms with Crippen LogP contribution in [0.25, 0.3) is 0 Å². The van der Waals surface area contributed by atoms with Crippen molar-refractivity contribution in [3.05, 3.63) is 0 Å². The quantitative estimate of drug-likeness (QED) is 0.761. The topological polar surface area (TPSA) is 81.1 Å². The van der Waals surface area contributed by atoms with Gasteiger partial charge in [0.1, 0.15) is 0 Å². The molecule has 2 fully saturated rings. The van der Waals surface area contributed by atoms with Crippen LogP contribution in [0.1, 0.15) is 25.7 Å². The largest absolute Gasteiger partial charge is 0.481 e. The minimum absolute atomic E-state index is 0.0432. The molecule has 1 atom stereocenters. The van der Waals surface area contributed by atoms with E-state index in [4.69, 9.17) is 10.2 Å². The van der Waals surface area contributed by atoms with Gasteiger partial charge in [-0.1, -0.05) is 0 Å². The Kier molecular flexibility index (Phi) is 4.06. The van der Waals surface area contributed by atoms with Crippen molar-refractivity contribution < 1.29 is 19.8 Å². The number of carbonyl (C=O) groups is 2. The number of carboxylic acid groups (broad SMARTS) is 1. The van der Waals surface area contributed by atoms with Crippen LogP contribution in [0.4, 0.5) is 4.79 Å². The lowest BCUT2D eigenvalue weighted by Crippen LogP contribution is -2.50. The summed E-state index contributed by atoms with van der Waals surface area (Å²) in [6.07, 6.45) is 3.35. The van der Waals surface area contributed by atoms with Crippen molar-refractivity contribution >= 4 is 12.0 Å². The summed E-state index contributed by atoms with van der Waals surface area (Å²) in [7, 11) is 0. The van der Waals surface area contributed by atoms with Crippen molar-refractivity contribution in [3.63, 3.8) is 0 Å². The van der Waals surface area contributed by atoms with Crippen molar-refractivity contribution in [2.45, 2.75) is 31.7 Å². The third-order valence-corrected chi connectivity index (χ3v) is 3.62. The number of aliphatic hydroxyl groups excluding tert-OH is 1. The van der Waals surface area contributed by atoms with Gasteiger partial charge in [0.15, 0.2) is 0 Å². The normalized spacial score (nSPS) is 23.8. The fourth-order valence-corrected chi connectivity index (χ4v) is 2.46. The summed E-state index contributed by atoms with van der Waals surface area (Å²) in [4.78, 5) is 26.6. The van der Waals surface area contributed by atoms with Gasteiger partial charge in [0, 0.05) is 25.7 Å². The second-order valence-corrected chi connectivity index (χ2v) is 5.05. The maximum atomic E-state index is 12.3. The lowest BCUT2D eigenvalue weighted by Gasteiger charge is -2.35. The molecule has 0 bridgehead atoms. The van der Waals surface area contributed by atoms with Crippen LogP contribution in [0.3, 0.4) is 0 Å². The lowest BCUT2D eigenvalue weighted by atomic mass is 9.98. The SMILES string of the molecule is O=C(O)[C@@H]1CCCN(C(=O)N(CCO)C2CC2)C1. The number of carboxylic acids is 1. The molecule has 6 heteroatoms. The van der Waals surface area contributed by atoms with Crippen LogP contribution in [0, 0.1) is 5.92 Å². The van der Waals surface area contributed by atoms with Gasteiger partial charge in [-0.2, -0.15) is 0 Å². The van der Waals surface area contributed by atoms with Crippen LogP contribution in [0.5, 0.6) is 0 Å². The number of hydrogen-bond acceptors (Lipinski definition) is 3. The van der Waals surface area contributed by atoms with E-state index in [1.807, 2.05) is 0 Å². The van der Waals surface area contributed by atoms with Gasteiger partial charge in [-0.3, -0.25) is 4.79 Å². The lowest BCUT2D eigenvalue weighted by molar-refractivity contribution is -0.143.